The van der Waals surface area contributed by atoms with Crippen LogP contribution in [0.4, 0.5) is 0 Å². The molecule has 1 atom stereocenters. The lowest BCUT2D eigenvalue weighted by Gasteiger charge is -2.34. The van der Waals surface area contributed by atoms with Crippen LogP contribution in [0.15, 0.2) is 43.0 Å². The first-order valence-corrected chi connectivity index (χ1v) is 9.32. The predicted octanol–water partition coefficient (Wildman–Crippen LogP) is 2.92. The molecule has 2 aromatic rings. The second-order valence-electron chi connectivity index (χ2n) is 7.03. The Labute approximate surface area is 153 Å². The lowest BCUT2D eigenvalue weighted by molar-refractivity contribution is -0.131. The molecular formula is C20H24N4O2. The maximum atomic E-state index is 12.6. The molecule has 0 N–H and O–H groups in total. The molecule has 1 amide bonds. The summed E-state index contributed by atoms with van der Waals surface area (Å²) in [5.41, 5.74) is 0.854. The molecule has 0 radical (unpaired) electrons. The molecule has 136 valence electrons. The van der Waals surface area contributed by atoms with Crippen LogP contribution in [0.5, 0.6) is 5.75 Å². The van der Waals surface area contributed by atoms with E-state index in [0.717, 1.165) is 56.6 Å². The fraction of sp³-hybridized carbons (Fsp3) is 0.450. The van der Waals surface area contributed by atoms with Crippen molar-refractivity contribution in [2.75, 3.05) is 13.1 Å². The highest BCUT2D eigenvalue weighted by molar-refractivity contribution is 5.76. The summed E-state index contributed by atoms with van der Waals surface area (Å²) in [7, 11) is 0. The van der Waals surface area contributed by atoms with E-state index in [-0.39, 0.29) is 11.5 Å². The third-order valence-corrected chi connectivity index (χ3v) is 5.23. The number of benzene rings is 1. The summed E-state index contributed by atoms with van der Waals surface area (Å²) in [6, 6.07) is 8.13. The highest BCUT2D eigenvalue weighted by atomic mass is 16.5. The van der Waals surface area contributed by atoms with Gasteiger partial charge in [0, 0.05) is 38.0 Å². The van der Waals surface area contributed by atoms with Gasteiger partial charge in [0.2, 0.25) is 5.91 Å². The third kappa shape index (κ3) is 3.64. The van der Waals surface area contributed by atoms with Crippen molar-refractivity contribution < 1.29 is 9.53 Å². The van der Waals surface area contributed by atoms with E-state index >= 15 is 0 Å². The van der Waals surface area contributed by atoms with E-state index in [1.165, 1.54) is 6.33 Å². The summed E-state index contributed by atoms with van der Waals surface area (Å²) in [5, 5.41) is 4.07. The Bertz CT molecular complexity index is 787. The molecule has 3 heterocycles. The smallest absolute Gasteiger partial charge is 0.222 e. The van der Waals surface area contributed by atoms with Crippen molar-refractivity contribution in [1.29, 1.82) is 0 Å². The number of aromatic nitrogens is 3. The molecule has 26 heavy (non-hydrogen) atoms. The molecule has 1 fully saturated rings. The summed E-state index contributed by atoms with van der Waals surface area (Å²) in [5.74, 6) is 1.17. The molecule has 1 saturated heterocycles. The number of rotatable bonds is 4. The topological polar surface area (TPSA) is 60.2 Å². The molecule has 6 nitrogen and oxygen atoms in total. The van der Waals surface area contributed by atoms with Crippen molar-refractivity contribution in [2.45, 2.75) is 44.2 Å². The molecule has 0 bridgehead atoms. The highest BCUT2D eigenvalue weighted by Crippen LogP contribution is 2.36. The van der Waals surface area contributed by atoms with Gasteiger partial charge in [-0.2, -0.15) is 5.10 Å². The molecule has 1 spiro atoms. The number of ether oxygens (including phenoxy) is 1. The average molecular weight is 352 g/mol. The maximum absolute atomic E-state index is 12.6. The Morgan fingerprint density at radius 2 is 2.15 bits per heavy atom. The highest BCUT2D eigenvalue weighted by Gasteiger charge is 2.35. The Balaban J connectivity index is 1.33. The Morgan fingerprint density at radius 1 is 1.23 bits per heavy atom. The Kier molecular flexibility index (Phi) is 4.73. The molecule has 0 unspecified atom stereocenters. The zero-order valence-electron chi connectivity index (χ0n) is 14.9. The van der Waals surface area contributed by atoms with Crippen LogP contribution in [0, 0.1) is 0 Å². The minimum atomic E-state index is -0.274. The van der Waals surface area contributed by atoms with Crippen LogP contribution < -0.4 is 4.74 Å². The minimum absolute atomic E-state index is 0.224. The fourth-order valence-electron chi connectivity index (χ4n) is 3.75. The van der Waals surface area contributed by atoms with Gasteiger partial charge >= 0.3 is 0 Å². The first-order chi connectivity index (χ1) is 12.7. The molecular weight excluding hydrogens is 328 g/mol. The first kappa shape index (κ1) is 16.8. The second kappa shape index (κ2) is 7.32. The number of amides is 1. The first-order valence-electron chi connectivity index (χ1n) is 9.32. The van der Waals surface area contributed by atoms with E-state index < -0.39 is 0 Å². The van der Waals surface area contributed by atoms with E-state index in [4.69, 9.17) is 4.74 Å². The molecule has 1 aromatic carbocycles. The molecule has 2 aliphatic heterocycles. The van der Waals surface area contributed by atoms with Crippen LogP contribution >= 0.6 is 0 Å². The third-order valence-electron chi connectivity index (χ3n) is 5.23. The van der Waals surface area contributed by atoms with Gasteiger partial charge in [-0.05, 0) is 31.4 Å². The lowest BCUT2D eigenvalue weighted by atomic mass is 9.91. The van der Waals surface area contributed by atoms with Crippen molar-refractivity contribution in [3.05, 3.63) is 48.6 Å². The number of para-hydroxylation sites is 1. The second-order valence-corrected chi connectivity index (χ2v) is 7.03. The lowest BCUT2D eigenvalue weighted by Crippen LogP contribution is -2.38. The summed E-state index contributed by atoms with van der Waals surface area (Å²) in [6.45, 7) is 2.28. The number of carbonyl (C=O) groups excluding carboxylic acids is 1. The Hall–Kier alpha value is -2.63. The summed E-state index contributed by atoms with van der Waals surface area (Å²) in [4.78, 5) is 18.5. The normalized spacial score (nSPS) is 21.9. The fourth-order valence-corrected chi connectivity index (χ4v) is 3.75. The minimum Gasteiger partial charge on any atom is -0.483 e. The number of nitrogens with zero attached hydrogens (tertiary/aromatic N) is 4. The van der Waals surface area contributed by atoms with Crippen LogP contribution in [0.1, 0.15) is 37.7 Å². The van der Waals surface area contributed by atoms with E-state index in [2.05, 4.69) is 28.3 Å². The van der Waals surface area contributed by atoms with Crippen LogP contribution in [0.25, 0.3) is 6.08 Å². The summed E-state index contributed by atoms with van der Waals surface area (Å²) >= 11 is 0. The van der Waals surface area contributed by atoms with Gasteiger partial charge in [0.15, 0.2) is 0 Å². The van der Waals surface area contributed by atoms with Gasteiger partial charge in [-0.25, -0.2) is 4.98 Å². The van der Waals surface area contributed by atoms with Crippen LogP contribution in [0.3, 0.4) is 0 Å². The zero-order chi connectivity index (χ0) is 17.8. The molecule has 2 aliphatic rings. The number of fused-ring (bicyclic) bond motifs is 1. The van der Waals surface area contributed by atoms with E-state index in [1.807, 2.05) is 23.1 Å². The number of hydrogen-bond acceptors (Lipinski definition) is 4. The largest absolute Gasteiger partial charge is 0.483 e. The summed E-state index contributed by atoms with van der Waals surface area (Å²) in [6.07, 6.45) is 11.6. The Morgan fingerprint density at radius 3 is 3.04 bits per heavy atom. The van der Waals surface area contributed by atoms with E-state index in [0.29, 0.717) is 6.42 Å². The number of carbonyl (C=O) groups is 1. The number of hydrogen-bond donors (Lipinski definition) is 0. The van der Waals surface area contributed by atoms with Gasteiger partial charge in [0.05, 0.1) is 0 Å². The average Bonchev–Trinajstić information content (AvgIpc) is 3.09. The predicted molar refractivity (Wildman–Crippen MR) is 98.5 cm³/mol. The molecule has 0 aliphatic carbocycles. The SMILES string of the molecule is O=C(CCCn1cncn1)N1CCC[C@@]2(C=Cc3ccccc3O2)CC1. The standard InChI is InChI=1S/C20H24N4O2/c25-19(7-3-13-24-16-21-15-22-24)23-12-4-9-20(11-14-23)10-8-17-5-1-2-6-18(17)26-20/h1-2,5-6,8,10,15-16H,3-4,7,9,11-14H2/t20-/m1/s1. The van der Waals surface area contributed by atoms with E-state index in [1.54, 1.807) is 11.0 Å². The van der Waals surface area contributed by atoms with Crippen molar-refractivity contribution in [1.82, 2.24) is 19.7 Å². The van der Waals surface area contributed by atoms with E-state index in [9.17, 15) is 4.79 Å². The van der Waals surface area contributed by atoms with Crippen molar-refractivity contribution in [3.63, 3.8) is 0 Å². The van der Waals surface area contributed by atoms with Crippen LogP contribution in [-0.2, 0) is 11.3 Å². The molecule has 1 aromatic heterocycles. The van der Waals surface area contributed by atoms with Crippen molar-refractivity contribution in [2.24, 2.45) is 0 Å². The van der Waals surface area contributed by atoms with Crippen molar-refractivity contribution >= 4 is 12.0 Å². The molecule has 0 saturated carbocycles. The molecule has 6 heteroatoms. The quantitative estimate of drug-likeness (QED) is 0.849. The monoisotopic (exact) mass is 352 g/mol. The van der Waals surface area contributed by atoms with Crippen molar-refractivity contribution in [3.8, 4) is 5.75 Å². The van der Waals surface area contributed by atoms with Gasteiger partial charge in [-0.15, -0.1) is 0 Å². The van der Waals surface area contributed by atoms with Gasteiger partial charge < -0.3 is 9.64 Å². The van der Waals surface area contributed by atoms with Crippen LogP contribution in [-0.4, -0.2) is 44.3 Å². The zero-order valence-corrected chi connectivity index (χ0v) is 14.9. The van der Waals surface area contributed by atoms with Gasteiger partial charge in [0.25, 0.3) is 0 Å². The van der Waals surface area contributed by atoms with Gasteiger partial charge in [0.1, 0.15) is 24.0 Å². The maximum Gasteiger partial charge on any atom is 0.222 e. The number of aryl methyl sites for hydroxylation is 1. The molecule has 4 rings (SSSR count). The van der Waals surface area contributed by atoms with Gasteiger partial charge in [-0.1, -0.05) is 24.3 Å². The van der Waals surface area contributed by atoms with Gasteiger partial charge in [-0.3, -0.25) is 9.48 Å². The summed E-state index contributed by atoms with van der Waals surface area (Å²) < 4.78 is 8.12. The number of likely N-dealkylation sites (tertiary alicyclic amines) is 1. The van der Waals surface area contributed by atoms with Crippen LogP contribution in [0.2, 0.25) is 0 Å².